The monoisotopic (exact) mass is 382 g/mol. The van der Waals surface area contributed by atoms with Crippen LogP contribution in [0.4, 0.5) is 0 Å². The number of fused-ring (bicyclic) bond motifs is 1. The van der Waals surface area contributed by atoms with E-state index in [-0.39, 0.29) is 47.7 Å². The maximum atomic E-state index is 12.6. The maximum Gasteiger partial charge on any atom is 0.338 e. The van der Waals surface area contributed by atoms with Gasteiger partial charge in [-0.3, -0.25) is 9.59 Å². The molecule has 1 saturated heterocycles. The smallest absolute Gasteiger partial charge is 0.338 e. The highest BCUT2D eigenvalue weighted by Crippen LogP contribution is 2.43. The summed E-state index contributed by atoms with van der Waals surface area (Å²) in [4.78, 5) is 36.8. The number of carbonyl (C=O) groups is 3. The summed E-state index contributed by atoms with van der Waals surface area (Å²) in [6, 6.07) is 8.87. The molecule has 3 aliphatic rings. The molecule has 1 heterocycles. The Bertz CT molecular complexity index is 762. The molecule has 4 rings (SSSR count). The van der Waals surface area contributed by atoms with Crippen LogP contribution in [0.5, 0.6) is 0 Å². The van der Waals surface area contributed by atoms with Gasteiger partial charge >= 0.3 is 11.9 Å². The number of hydrogen-bond acceptors (Lipinski definition) is 5. The van der Waals surface area contributed by atoms with Gasteiger partial charge in [-0.05, 0) is 31.1 Å². The van der Waals surface area contributed by atoms with Crippen LogP contribution in [-0.2, 0) is 19.1 Å². The first-order valence-electron chi connectivity index (χ1n) is 10.3. The normalized spacial score (nSPS) is 30.2. The summed E-state index contributed by atoms with van der Waals surface area (Å²) in [7, 11) is 0. The van der Waals surface area contributed by atoms with Gasteiger partial charge in [0.2, 0.25) is 0 Å². The molecule has 0 aromatic heterocycles. The molecule has 4 atom stereocenters. The van der Waals surface area contributed by atoms with Crippen LogP contribution in [0.15, 0.2) is 42.5 Å². The van der Waals surface area contributed by atoms with Crippen molar-refractivity contribution >= 4 is 17.7 Å². The van der Waals surface area contributed by atoms with E-state index in [0.29, 0.717) is 18.4 Å². The second-order valence-electron chi connectivity index (χ2n) is 8.12. The molecule has 2 saturated carbocycles. The Morgan fingerprint density at radius 2 is 1.82 bits per heavy atom. The third-order valence-corrected chi connectivity index (χ3v) is 6.31. The van der Waals surface area contributed by atoms with Crippen LogP contribution in [0, 0.1) is 17.8 Å². The van der Waals surface area contributed by atoms with Crippen molar-refractivity contribution in [2.45, 2.75) is 57.2 Å². The van der Waals surface area contributed by atoms with Crippen molar-refractivity contribution < 1.29 is 23.9 Å². The molecule has 148 valence electrons. The number of ether oxygens (including phenoxy) is 2. The predicted octanol–water partition coefficient (Wildman–Crippen LogP) is 3.87. The number of allylic oxidation sites excluding steroid dienone is 1. The van der Waals surface area contributed by atoms with Gasteiger partial charge in [-0.2, -0.15) is 0 Å². The first-order chi connectivity index (χ1) is 13.6. The molecular formula is C23H26O5. The summed E-state index contributed by atoms with van der Waals surface area (Å²) < 4.78 is 11.2. The number of carbonyl (C=O) groups excluding carboxylic acids is 3. The second-order valence-corrected chi connectivity index (χ2v) is 8.12. The lowest BCUT2D eigenvalue weighted by Crippen LogP contribution is -2.25. The minimum Gasteiger partial charge on any atom is -0.462 e. The summed E-state index contributed by atoms with van der Waals surface area (Å²) in [6.45, 7) is 0. The molecule has 0 spiro atoms. The van der Waals surface area contributed by atoms with E-state index in [9.17, 15) is 14.4 Å². The molecule has 0 bridgehead atoms. The van der Waals surface area contributed by atoms with Crippen LogP contribution in [0.25, 0.3) is 0 Å². The third kappa shape index (κ3) is 4.03. The summed E-state index contributed by atoms with van der Waals surface area (Å²) in [5, 5.41) is 0. The number of benzene rings is 1. The Balaban J connectivity index is 1.47. The Morgan fingerprint density at radius 3 is 2.57 bits per heavy atom. The number of esters is 2. The fourth-order valence-electron chi connectivity index (χ4n) is 4.80. The fourth-order valence-corrected chi connectivity index (χ4v) is 4.80. The molecule has 0 amide bonds. The van der Waals surface area contributed by atoms with E-state index in [1.54, 1.807) is 30.3 Å². The molecule has 0 N–H and O–H groups in total. The van der Waals surface area contributed by atoms with E-state index in [1.807, 2.05) is 12.1 Å². The summed E-state index contributed by atoms with van der Waals surface area (Å²) >= 11 is 0. The number of ketones is 1. The summed E-state index contributed by atoms with van der Waals surface area (Å²) in [5.74, 6) is -0.530. The lowest BCUT2D eigenvalue weighted by Gasteiger charge is -2.21. The van der Waals surface area contributed by atoms with Gasteiger partial charge in [-0.25, -0.2) is 4.79 Å². The maximum absolute atomic E-state index is 12.6. The first-order valence-corrected chi connectivity index (χ1v) is 10.3. The molecule has 1 aliphatic heterocycles. The van der Waals surface area contributed by atoms with Gasteiger partial charge in [0, 0.05) is 24.2 Å². The first kappa shape index (κ1) is 18.9. The zero-order valence-electron chi connectivity index (χ0n) is 15.9. The van der Waals surface area contributed by atoms with Crippen LogP contribution < -0.4 is 0 Å². The fraction of sp³-hybridized carbons (Fsp3) is 0.522. The van der Waals surface area contributed by atoms with Gasteiger partial charge in [0.15, 0.2) is 5.78 Å². The second kappa shape index (κ2) is 8.29. The van der Waals surface area contributed by atoms with Crippen molar-refractivity contribution in [3.63, 3.8) is 0 Å². The number of rotatable bonds is 5. The van der Waals surface area contributed by atoms with Gasteiger partial charge in [-0.1, -0.05) is 43.5 Å². The van der Waals surface area contributed by atoms with E-state index >= 15 is 0 Å². The Morgan fingerprint density at radius 1 is 1.07 bits per heavy atom. The van der Waals surface area contributed by atoms with Crippen LogP contribution in [0.2, 0.25) is 0 Å². The standard InChI is InChI=1S/C23H26O5/c24-19(15-7-3-1-4-8-15)12-11-17-18-13-22(25)27-21(18)14-20(17)28-23(26)16-9-5-2-6-10-16/h2,5-6,9-12,15,17-18,20-21H,1,3-4,7-8,13-14H2/t17?,18?,20?,21-/m0/s1. The van der Waals surface area contributed by atoms with Crippen LogP contribution in [-0.4, -0.2) is 29.9 Å². The molecule has 3 fully saturated rings. The topological polar surface area (TPSA) is 69.7 Å². The van der Waals surface area contributed by atoms with E-state index in [1.165, 1.54) is 6.42 Å². The lowest BCUT2D eigenvalue weighted by molar-refractivity contribution is -0.141. The zero-order chi connectivity index (χ0) is 19.5. The molecule has 28 heavy (non-hydrogen) atoms. The molecule has 1 aromatic carbocycles. The molecule has 1 aromatic rings. The van der Waals surface area contributed by atoms with Gasteiger partial charge in [0.05, 0.1) is 12.0 Å². The van der Waals surface area contributed by atoms with Gasteiger partial charge in [0.1, 0.15) is 12.2 Å². The largest absolute Gasteiger partial charge is 0.462 e. The van der Waals surface area contributed by atoms with Gasteiger partial charge in [0.25, 0.3) is 0 Å². The predicted molar refractivity (Wildman–Crippen MR) is 102 cm³/mol. The highest BCUT2D eigenvalue weighted by Gasteiger charge is 2.50. The molecule has 3 unspecified atom stereocenters. The third-order valence-electron chi connectivity index (χ3n) is 6.31. The Kier molecular flexibility index (Phi) is 5.60. The lowest BCUT2D eigenvalue weighted by atomic mass is 9.85. The Hall–Kier alpha value is -2.43. The SMILES string of the molecule is O=C1CC2C(C=CC(=O)C3CCCCC3)C(OC(=O)c3ccccc3)C[C@@H]2O1. The van der Waals surface area contributed by atoms with Crippen molar-refractivity contribution in [1.82, 2.24) is 0 Å². The van der Waals surface area contributed by atoms with Crippen LogP contribution in [0.1, 0.15) is 55.3 Å². The van der Waals surface area contributed by atoms with Crippen molar-refractivity contribution in [2.75, 3.05) is 0 Å². The minimum absolute atomic E-state index is 0.0310. The van der Waals surface area contributed by atoms with Crippen molar-refractivity contribution in [3.8, 4) is 0 Å². The average molecular weight is 382 g/mol. The number of hydrogen-bond donors (Lipinski definition) is 0. The molecule has 2 aliphatic carbocycles. The average Bonchev–Trinajstić information content (AvgIpc) is 3.23. The molecule has 0 radical (unpaired) electrons. The van der Waals surface area contributed by atoms with E-state index in [0.717, 1.165) is 25.7 Å². The quantitative estimate of drug-likeness (QED) is 0.571. The highest BCUT2D eigenvalue weighted by atomic mass is 16.6. The van der Waals surface area contributed by atoms with Crippen molar-refractivity contribution in [1.29, 1.82) is 0 Å². The summed E-state index contributed by atoms with van der Waals surface area (Å²) in [6.07, 6.45) is 9.04. The van der Waals surface area contributed by atoms with E-state index in [4.69, 9.17) is 9.47 Å². The summed E-state index contributed by atoms with van der Waals surface area (Å²) in [5.41, 5.74) is 0.498. The Labute approximate surface area is 165 Å². The van der Waals surface area contributed by atoms with E-state index < -0.39 is 0 Å². The van der Waals surface area contributed by atoms with Gasteiger partial charge < -0.3 is 9.47 Å². The van der Waals surface area contributed by atoms with Crippen molar-refractivity contribution in [2.24, 2.45) is 17.8 Å². The molecule has 5 nitrogen and oxygen atoms in total. The molecular weight excluding hydrogens is 356 g/mol. The zero-order valence-corrected chi connectivity index (χ0v) is 15.9. The van der Waals surface area contributed by atoms with Gasteiger partial charge in [-0.15, -0.1) is 0 Å². The van der Waals surface area contributed by atoms with Crippen LogP contribution >= 0.6 is 0 Å². The highest BCUT2D eigenvalue weighted by molar-refractivity contribution is 5.92. The van der Waals surface area contributed by atoms with Crippen LogP contribution in [0.3, 0.4) is 0 Å². The minimum atomic E-state index is -0.383. The van der Waals surface area contributed by atoms with E-state index in [2.05, 4.69) is 0 Å². The van der Waals surface area contributed by atoms with Crippen molar-refractivity contribution in [3.05, 3.63) is 48.0 Å². The molecule has 5 heteroatoms.